The molecular formula is C14H21NO. The molecule has 1 aliphatic rings. The molecule has 3 unspecified atom stereocenters. The molecule has 1 saturated heterocycles. The van der Waals surface area contributed by atoms with Crippen LogP contribution in [0.15, 0.2) is 24.3 Å². The van der Waals surface area contributed by atoms with Crippen LogP contribution in [0.4, 0.5) is 0 Å². The number of rotatable bonds is 3. The number of aryl methyl sites for hydroxylation is 1. The van der Waals surface area contributed by atoms with Gasteiger partial charge in [0.2, 0.25) is 0 Å². The second-order valence-corrected chi connectivity index (χ2v) is 4.92. The van der Waals surface area contributed by atoms with Crippen molar-refractivity contribution in [2.45, 2.75) is 38.8 Å². The van der Waals surface area contributed by atoms with E-state index in [1.165, 1.54) is 18.4 Å². The molecule has 1 aromatic carbocycles. The summed E-state index contributed by atoms with van der Waals surface area (Å²) >= 11 is 0. The maximum Gasteiger partial charge on any atom is 0.0830 e. The Morgan fingerprint density at radius 1 is 1.31 bits per heavy atom. The molecule has 0 aliphatic carbocycles. The number of benzene rings is 1. The smallest absolute Gasteiger partial charge is 0.0830 e. The van der Waals surface area contributed by atoms with Crippen molar-refractivity contribution < 1.29 is 5.11 Å². The average molecular weight is 219 g/mol. The molecule has 0 bridgehead atoms. The summed E-state index contributed by atoms with van der Waals surface area (Å²) < 4.78 is 0. The molecule has 2 heteroatoms. The van der Waals surface area contributed by atoms with Crippen molar-refractivity contribution in [3.05, 3.63) is 35.4 Å². The highest BCUT2D eigenvalue weighted by Gasteiger charge is 2.27. The molecule has 1 aromatic rings. The molecule has 2 N–H and O–H groups in total. The van der Waals surface area contributed by atoms with E-state index in [1.54, 1.807) is 0 Å². The molecule has 3 atom stereocenters. The Balaban J connectivity index is 2.05. The van der Waals surface area contributed by atoms with Gasteiger partial charge >= 0.3 is 0 Å². The molecule has 0 radical (unpaired) electrons. The number of aliphatic hydroxyl groups is 1. The van der Waals surface area contributed by atoms with Crippen molar-refractivity contribution in [1.82, 2.24) is 5.32 Å². The van der Waals surface area contributed by atoms with E-state index in [1.807, 2.05) is 12.1 Å². The summed E-state index contributed by atoms with van der Waals surface area (Å²) in [6.07, 6.45) is 2.07. The van der Waals surface area contributed by atoms with E-state index in [0.717, 1.165) is 12.1 Å². The van der Waals surface area contributed by atoms with Crippen LogP contribution in [0.1, 0.15) is 37.0 Å². The summed E-state index contributed by atoms with van der Waals surface area (Å²) in [6, 6.07) is 8.66. The first-order valence-electron chi connectivity index (χ1n) is 6.16. The van der Waals surface area contributed by atoms with Crippen molar-refractivity contribution in [1.29, 1.82) is 0 Å². The lowest BCUT2D eigenvalue weighted by molar-refractivity contribution is 0.0983. The summed E-state index contributed by atoms with van der Waals surface area (Å²) in [4.78, 5) is 0. The maximum atomic E-state index is 10.3. The van der Waals surface area contributed by atoms with Crippen molar-refractivity contribution in [2.75, 3.05) is 6.54 Å². The average Bonchev–Trinajstić information content (AvgIpc) is 2.81. The van der Waals surface area contributed by atoms with Gasteiger partial charge in [0.15, 0.2) is 0 Å². The largest absolute Gasteiger partial charge is 0.388 e. The summed E-state index contributed by atoms with van der Waals surface area (Å²) in [5, 5.41) is 13.8. The standard InChI is InChI=1S/C14H21NO/c1-10-5-7-12(8-6-10)14(16)11(2)13-4-3-9-15-13/h5-8,11,13-16H,3-4,9H2,1-2H3. The van der Waals surface area contributed by atoms with Gasteiger partial charge in [-0.3, -0.25) is 0 Å². The van der Waals surface area contributed by atoms with Crippen LogP contribution in [0, 0.1) is 12.8 Å². The Morgan fingerprint density at radius 2 is 2.00 bits per heavy atom. The van der Waals surface area contributed by atoms with E-state index < -0.39 is 0 Å². The highest BCUT2D eigenvalue weighted by molar-refractivity contribution is 5.23. The zero-order valence-electron chi connectivity index (χ0n) is 10.1. The second kappa shape index (κ2) is 4.98. The van der Waals surface area contributed by atoms with Crippen LogP contribution < -0.4 is 5.32 Å². The summed E-state index contributed by atoms with van der Waals surface area (Å²) in [7, 11) is 0. The van der Waals surface area contributed by atoms with E-state index in [-0.39, 0.29) is 12.0 Å². The minimum atomic E-state index is -0.351. The van der Waals surface area contributed by atoms with Gasteiger partial charge in [0.05, 0.1) is 6.10 Å². The topological polar surface area (TPSA) is 32.3 Å². The fourth-order valence-electron chi connectivity index (χ4n) is 2.45. The molecule has 1 fully saturated rings. The molecular weight excluding hydrogens is 198 g/mol. The number of hydrogen-bond donors (Lipinski definition) is 2. The lowest BCUT2D eigenvalue weighted by Gasteiger charge is -2.25. The van der Waals surface area contributed by atoms with Gasteiger partial charge in [-0.15, -0.1) is 0 Å². The highest BCUT2D eigenvalue weighted by atomic mass is 16.3. The predicted molar refractivity (Wildman–Crippen MR) is 66.3 cm³/mol. The van der Waals surface area contributed by atoms with E-state index >= 15 is 0 Å². The fourth-order valence-corrected chi connectivity index (χ4v) is 2.45. The lowest BCUT2D eigenvalue weighted by atomic mass is 9.90. The quantitative estimate of drug-likeness (QED) is 0.818. The van der Waals surface area contributed by atoms with Crippen molar-refractivity contribution >= 4 is 0 Å². The molecule has 88 valence electrons. The Hall–Kier alpha value is -0.860. The van der Waals surface area contributed by atoms with Crippen LogP contribution in [-0.2, 0) is 0 Å². The highest BCUT2D eigenvalue weighted by Crippen LogP contribution is 2.28. The Bertz CT molecular complexity index is 327. The molecule has 0 saturated carbocycles. The summed E-state index contributed by atoms with van der Waals surface area (Å²) in [5.74, 6) is 0.283. The van der Waals surface area contributed by atoms with Crippen molar-refractivity contribution in [2.24, 2.45) is 5.92 Å². The van der Waals surface area contributed by atoms with Gasteiger partial charge in [-0.25, -0.2) is 0 Å². The number of nitrogens with one attached hydrogen (secondary N) is 1. The normalized spacial score (nSPS) is 24.3. The maximum absolute atomic E-state index is 10.3. The van der Waals surface area contributed by atoms with E-state index in [0.29, 0.717) is 6.04 Å². The summed E-state index contributed by atoms with van der Waals surface area (Å²) in [6.45, 7) is 5.29. The molecule has 0 spiro atoms. The second-order valence-electron chi connectivity index (χ2n) is 4.92. The van der Waals surface area contributed by atoms with Gasteiger partial charge in [0.25, 0.3) is 0 Å². The van der Waals surface area contributed by atoms with E-state index in [9.17, 15) is 5.11 Å². The molecule has 16 heavy (non-hydrogen) atoms. The van der Waals surface area contributed by atoms with E-state index in [4.69, 9.17) is 0 Å². The monoisotopic (exact) mass is 219 g/mol. The minimum Gasteiger partial charge on any atom is -0.388 e. The van der Waals surface area contributed by atoms with Gasteiger partial charge in [-0.1, -0.05) is 36.8 Å². The minimum absolute atomic E-state index is 0.283. The predicted octanol–water partition coefficient (Wildman–Crippen LogP) is 2.42. The molecule has 1 aliphatic heterocycles. The van der Waals surface area contributed by atoms with Crippen LogP contribution >= 0.6 is 0 Å². The lowest BCUT2D eigenvalue weighted by Crippen LogP contribution is -2.32. The van der Waals surface area contributed by atoms with Crippen molar-refractivity contribution in [3.63, 3.8) is 0 Å². The number of hydrogen-bond acceptors (Lipinski definition) is 2. The van der Waals surface area contributed by atoms with Gasteiger partial charge in [0, 0.05) is 12.0 Å². The van der Waals surface area contributed by atoms with Crippen LogP contribution in [0.5, 0.6) is 0 Å². The molecule has 0 aromatic heterocycles. The van der Waals surface area contributed by atoms with Gasteiger partial charge < -0.3 is 10.4 Å². The number of aliphatic hydroxyl groups excluding tert-OH is 1. The van der Waals surface area contributed by atoms with E-state index in [2.05, 4.69) is 31.3 Å². The molecule has 2 rings (SSSR count). The van der Waals surface area contributed by atoms with Crippen LogP contribution in [0.3, 0.4) is 0 Å². The van der Waals surface area contributed by atoms with Crippen molar-refractivity contribution in [3.8, 4) is 0 Å². The van der Waals surface area contributed by atoms with Crippen LogP contribution in [0.2, 0.25) is 0 Å². The first-order valence-corrected chi connectivity index (χ1v) is 6.16. The zero-order valence-corrected chi connectivity index (χ0v) is 10.1. The zero-order chi connectivity index (χ0) is 11.5. The third kappa shape index (κ3) is 2.45. The Morgan fingerprint density at radius 3 is 2.56 bits per heavy atom. The Kier molecular flexibility index (Phi) is 3.62. The first-order chi connectivity index (χ1) is 7.68. The van der Waals surface area contributed by atoms with Crippen LogP contribution in [-0.4, -0.2) is 17.7 Å². The van der Waals surface area contributed by atoms with Gasteiger partial charge in [-0.05, 0) is 31.9 Å². The third-order valence-corrected chi connectivity index (χ3v) is 3.65. The molecule has 1 heterocycles. The van der Waals surface area contributed by atoms with Gasteiger partial charge in [-0.2, -0.15) is 0 Å². The Labute approximate surface area is 97.7 Å². The first kappa shape index (κ1) is 11.6. The molecule has 2 nitrogen and oxygen atoms in total. The summed E-state index contributed by atoms with van der Waals surface area (Å²) in [5.41, 5.74) is 2.27. The third-order valence-electron chi connectivity index (χ3n) is 3.65. The molecule has 0 amide bonds. The van der Waals surface area contributed by atoms with Crippen LogP contribution in [0.25, 0.3) is 0 Å². The van der Waals surface area contributed by atoms with Gasteiger partial charge in [0.1, 0.15) is 0 Å². The fraction of sp³-hybridized carbons (Fsp3) is 0.571. The SMILES string of the molecule is Cc1ccc(C(O)C(C)C2CCCN2)cc1.